The highest BCUT2D eigenvalue weighted by Gasteiger charge is 2.52. The van der Waals surface area contributed by atoms with Crippen molar-refractivity contribution in [1.29, 1.82) is 0 Å². The Balaban J connectivity index is 1.76. The summed E-state index contributed by atoms with van der Waals surface area (Å²) in [6, 6.07) is 5.30. The molecular weight excluding hydrogens is 279 g/mol. The molecule has 1 aromatic rings. The van der Waals surface area contributed by atoms with Gasteiger partial charge in [0.05, 0.1) is 4.87 Å². The highest BCUT2D eigenvalue weighted by molar-refractivity contribution is 8.01. The molecule has 2 fully saturated rings. The molecular formula is C14H15FN2O2S. The molecule has 2 aliphatic rings. The van der Waals surface area contributed by atoms with Gasteiger partial charge in [-0.2, -0.15) is 0 Å². The maximum absolute atomic E-state index is 13.1. The number of halogens is 1. The van der Waals surface area contributed by atoms with E-state index in [1.165, 1.54) is 12.1 Å². The molecule has 0 unspecified atom stereocenters. The number of hydrogen-bond donors (Lipinski definition) is 1. The smallest absolute Gasteiger partial charge is 0.248 e. The molecule has 3 rings (SSSR count). The number of nitrogens with zero attached hydrogens (tertiary/aromatic N) is 1. The molecule has 20 heavy (non-hydrogen) atoms. The van der Waals surface area contributed by atoms with Gasteiger partial charge in [-0.25, -0.2) is 4.39 Å². The van der Waals surface area contributed by atoms with Crippen molar-refractivity contribution in [3.05, 3.63) is 30.1 Å². The van der Waals surface area contributed by atoms with Crippen LogP contribution in [0.3, 0.4) is 0 Å². The highest BCUT2D eigenvalue weighted by atomic mass is 32.2. The van der Waals surface area contributed by atoms with Crippen LogP contribution in [-0.2, 0) is 9.59 Å². The molecule has 2 saturated heterocycles. The van der Waals surface area contributed by atoms with Crippen LogP contribution in [0.2, 0.25) is 0 Å². The summed E-state index contributed by atoms with van der Waals surface area (Å²) in [5, 5.41) is 2.69. The lowest BCUT2D eigenvalue weighted by Crippen LogP contribution is -2.48. The number of benzene rings is 1. The van der Waals surface area contributed by atoms with Crippen molar-refractivity contribution in [2.24, 2.45) is 0 Å². The average Bonchev–Trinajstić information content (AvgIpc) is 2.87. The van der Waals surface area contributed by atoms with Gasteiger partial charge in [0.25, 0.3) is 0 Å². The Morgan fingerprint density at radius 1 is 1.55 bits per heavy atom. The van der Waals surface area contributed by atoms with Gasteiger partial charge in [-0.15, -0.1) is 11.8 Å². The molecule has 0 aliphatic carbocycles. The van der Waals surface area contributed by atoms with Crippen LogP contribution in [0.5, 0.6) is 0 Å². The molecule has 0 radical (unpaired) electrons. The van der Waals surface area contributed by atoms with Gasteiger partial charge in [-0.3, -0.25) is 9.59 Å². The van der Waals surface area contributed by atoms with Crippen molar-refractivity contribution in [1.82, 2.24) is 4.90 Å². The Bertz CT molecular complexity index is 580. The monoisotopic (exact) mass is 294 g/mol. The number of amides is 2. The largest absolute Gasteiger partial charge is 0.324 e. The molecule has 2 amide bonds. The second-order valence-electron chi connectivity index (χ2n) is 5.27. The molecule has 0 aromatic heterocycles. The molecule has 4 nitrogen and oxygen atoms in total. The lowest BCUT2D eigenvalue weighted by molar-refractivity contribution is -0.135. The van der Waals surface area contributed by atoms with E-state index in [9.17, 15) is 14.0 Å². The van der Waals surface area contributed by atoms with E-state index in [-0.39, 0.29) is 16.7 Å². The number of anilines is 1. The van der Waals surface area contributed by atoms with Gasteiger partial charge in [0, 0.05) is 17.9 Å². The minimum absolute atomic E-state index is 0.0249. The lowest BCUT2D eigenvalue weighted by atomic mass is 10.2. The van der Waals surface area contributed by atoms with Crippen molar-refractivity contribution < 1.29 is 14.0 Å². The molecule has 1 aromatic carbocycles. The Morgan fingerprint density at radius 3 is 3.10 bits per heavy atom. The summed E-state index contributed by atoms with van der Waals surface area (Å²) in [5.74, 6) is -0.0340. The van der Waals surface area contributed by atoms with Crippen LogP contribution in [-0.4, -0.2) is 33.4 Å². The van der Waals surface area contributed by atoms with Gasteiger partial charge in [0.2, 0.25) is 11.8 Å². The van der Waals surface area contributed by atoms with Crippen molar-refractivity contribution in [2.45, 2.75) is 30.7 Å². The van der Waals surface area contributed by atoms with Crippen LogP contribution in [0.15, 0.2) is 24.3 Å². The predicted octanol–water partition coefficient (Wildman–Crippen LogP) is 2.22. The summed E-state index contributed by atoms with van der Waals surface area (Å²) < 4.78 is 13.1. The van der Waals surface area contributed by atoms with E-state index in [1.807, 2.05) is 6.92 Å². The highest BCUT2D eigenvalue weighted by Crippen LogP contribution is 2.47. The van der Waals surface area contributed by atoms with Crippen molar-refractivity contribution >= 4 is 29.3 Å². The number of carbonyl (C=O) groups is 2. The summed E-state index contributed by atoms with van der Waals surface area (Å²) in [6.45, 7) is 2.00. The second kappa shape index (κ2) is 4.77. The van der Waals surface area contributed by atoms with Crippen LogP contribution < -0.4 is 5.32 Å². The Kier molecular flexibility index (Phi) is 3.20. The summed E-state index contributed by atoms with van der Waals surface area (Å²) >= 11 is 1.64. The lowest BCUT2D eigenvalue weighted by Gasteiger charge is -2.29. The fourth-order valence-electron chi connectivity index (χ4n) is 2.81. The first kappa shape index (κ1) is 13.4. The molecule has 6 heteroatoms. The zero-order chi connectivity index (χ0) is 14.3. The van der Waals surface area contributed by atoms with Gasteiger partial charge >= 0.3 is 0 Å². The first-order chi connectivity index (χ1) is 9.49. The van der Waals surface area contributed by atoms with E-state index in [0.717, 1.165) is 6.42 Å². The summed E-state index contributed by atoms with van der Waals surface area (Å²) in [5.41, 5.74) is 0.417. The van der Waals surface area contributed by atoms with Gasteiger partial charge in [0.15, 0.2) is 0 Å². The number of nitrogens with one attached hydrogen (secondary N) is 1. The number of hydrogen-bond acceptors (Lipinski definition) is 3. The SMILES string of the molecule is C[C@]12CCC(=O)N1[C@H](C(=O)Nc1cccc(F)c1)CS2. The Morgan fingerprint density at radius 2 is 2.35 bits per heavy atom. The van der Waals surface area contributed by atoms with Crippen LogP contribution in [0.1, 0.15) is 19.8 Å². The maximum atomic E-state index is 13.1. The quantitative estimate of drug-likeness (QED) is 0.910. The number of rotatable bonds is 2. The van der Waals surface area contributed by atoms with Crippen molar-refractivity contribution in [2.75, 3.05) is 11.1 Å². The van der Waals surface area contributed by atoms with E-state index < -0.39 is 11.9 Å². The molecule has 0 bridgehead atoms. The van der Waals surface area contributed by atoms with Gasteiger partial charge < -0.3 is 10.2 Å². The summed E-state index contributed by atoms with van der Waals surface area (Å²) in [6.07, 6.45) is 1.27. The summed E-state index contributed by atoms with van der Waals surface area (Å²) in [4.78, 5) is 25.7. The minimum atomic E-state index is -0.469. The third kappa shape index (κ3) is 2.18. The van der Waals surface area contributed by atoms with E-state index in [4.69, 9.17) is 0 Å². The van der Waals surface area contributed by atoms with E-state index in [1.54, 1.807) is 28.8 Å². The second-order valence-corrected chi connectivity index (χ2v) is 6.77. The fourth-order valence-corrected chi connectivity index (χ4v) is 4.24. The molecule has 2 aliphatic heterocycles. The summed E-state index contributed by atoms with van der Waals surface area (Å²) in [7, 11) is 0. The minimum Gasteiger partial charge on any atom is -0.324 e. The van der Waals surface area contributed by atoms with Crippen LogP contribution in [0, 0.1) is 5.82 Å². The molecule has 1 N–H and O–H groups in total. The standard InChI is InChI=1S/C14H15FN2O2S/c1-14-6-5-12(18)17(14)11(8-20-14)13(19)16-10-4-2-3-9(15)7-10/h2-4,7,11H,5-6,8H2,1H3,(H,16,19)/t11-,14-/m0/s1. The maximum Gasteiger partial charge on any atom is 0.248 e. The molecule has 106 valence electrons. The van der Waals surface area contributed by atoms with Crippen LogP contribution in [0.25, 0.3) is 0 Å². The van der Waals surface area contributed by atoms with E-state index in [2.05, 4.69) is 5.32 Å². The van der Waals surface area contributed by atoms with Gasteiger partial charge in [-0.05, 0) is 31.5 Å². The number of thioether (sulfide) groups is 1. The molecule has 0 saturated carbocycles. The van der Waals surface area contributed by atoms with E-state index >= 15 is 0 Å². The van der Waals surface area contributed by atoms with Crippen LogP contribution >= 0.6 is 11.8 Å². The predicted molar refractivity (Wildman–Crippen MR) is 75.8 cm³/mol. The molecule has 0 spiro atoms. The zero-order valence-corrected chi connectivity index (χ0v) is 11.9. The van der Waals surface area contributed by atoms with Crippen LogP contribution in [0.4, 0.5) is 10.1 Å². The average molecular weight is 294 g/mol. The van der Waals surface area contributed by atoms with Gasteiger partial charge in [-0.1, -0.05) is 6.07 Å². The van der Waals surface area contributed by atoms with Crippen molar-refractivity contribution in [3.8, 4) is 0 Å². The topological polar surface area (TPSA) is 49.4 Å². The third-order valence-electron chi connectivity index (χ3n) is 3.84. The first-order valence-corrected chi connectivity index (χ1v) is 7.51. The Labute approximate surface area is 120 Å². The fraction of sp³-hybridized carbons (Fsp3) is 0.429. The molecule has 2 atom stereocenters. The zero-order valence-electron chi connectivity index (χ0n) is 11.1. The van der Waals surface area contributed by atoms with E-state index in [0.29, 0.717) is 17.9 Å². The van der Waals surface area contributed by atoms with Crippen molar-refractivity contribution in [3.63, 3.8) is 0 Å². The normalized spacial score (nSPS) is 28.6. The Hall–Kier alpha value is -1.56. The van der Waals surface area contributed by atoms with Gasteiger partial charge in [0.1, 0.15) is 11.9 Å². The first-order valence-electron chi connectivity index (χ1n) is 6.52. The molecule has 2 heterocycles. The number of fused-ring (bicyclic) bond motifs is 1. The third-order valence-corrected chi connectivity index (χ3v) is 5.34. The number of carbonyl (C=O) groups excluding carboxylic acids is 2.